The monoisotopic (exact) mass is 377 g/mol. The van der Waals surface area contributed by atoms with Crippen LogP contribution in [0.15, 0.2) is 60.7 Å². The molecule has 0 bridgehead atoms. The SMILES string of the molecule is CC1CNCCC1NC(=O)c1sc(-c2ccccc2)nc1-c1ccccc1. The lowest BCUT2D eigenvalue weighted by Crippen LogP contribution is -2.48. The van der Waals surface area contributed by atoms with Crippen molar-refractivity contribution in [2.45, 2.75) is 19.4 Å². The van der Waals surface area contributed by atoms with Gasteiger partial charge in [0.2, 0.25) is 0 Å². The summed E-state index contributed by atoms with van der Waals surface area (Å²) in [6.45, 7) is 4.06. The van der Waals surface area contributed by atoms with Crippen LogP contribution in [0.2, 0.25) is 0 Å². The van der Waals surface area contributed by atoms with Crippen LogP contribution in [-0.2, 0) is 0 Å². The molecule has 138 valence electrons. The summed E-state index contributed by atoms with van der Waals surface area (Å²) in [5, 5.41) is 7.50. The van der Waals surface area contributed by atoms with Gasteiger partial charge in [0.25, 0.3) is 5.91 Å². The van der Waals surface area contributed by atoms with E-state index in [4.69, 9.17) is 4.98 Å². The van der Waals surface area contributed by atoms with Crippen LogP contribution in [-0.4, -0.2) is 30.0 Å². The van der Waals surface area contributed by atoms with Crippen molar-refractivity contribution in [1.82, 2.24) is 15.6 Å². The van der Waals surface area contributed by atoms with Crippen molar-refractivity contribution in [2.75, 3.05) is 13.1 Å². The lowest BCUT2D eigenvalue weighted by Gasteiger charge is -2.30. The summed E-state index contributed by atoms with van der Waals surface area (Å²) < 4.78 is 0. The van der Waals surface area contributed by atoms with Crippen molar-refractivity contribution in [3.05, 3.63) is 65.5 Å². The Labute approximate surface area is 163 Å². The molecule has 1 amide bonds. The minimum Gasteiger partial charge on any atom is -0.348 e. The maximum atomic E-state index is 13.1. The highest BCUT2D eigenvalue weighted by Crippen LogP contribution is 2.34. The first-order chi connectivity index (χ1) is 13.2. The number of benzene rings is 2. The fourth-order valence-corrected chi connectivity index (χ4v) is 4.43. The molecule has 0 saturated carbocycles. The number of rotatable bonds is 4. The van der Waals surface area contributed by atoms with E-state index in [1.54, 1.807) is 0 Å². The first-order valence-electron chi connectivity index (χ1n) is 9.35. The Morgan fingerprint density at radius 3 is 2.41 bits per heavy atom. The topological polar surface area (TPSA) is 54.0 Å². The molecule has 2 N–H and O–H groups in total. The van der Waals surface area contributed by atoms with Gasteiger partial charge in [-0.05, 0) is 25.4 Å². The highest BCUT2D eigenvalue weighted by molar-refractivity contribution is 7.17. The summed E-state index contributed by atoms with van der Waals surface area (Å²) in [5.41, 5.74) is 2.77. The maximum absolute atomic E-state index is 13.1. The van der Waals surface area contributed by atoms with Gasteiger partial charge >= 0.3 is 0 Å². The number of hydrogen-bond acceptors (Lipinski definition) is 4. The fraction of sp³-hybridized carbons (Fsp3) is 0.273. The van der Waals surface area contributed by atoms with Gasteiger partial charge in [0, 0.05) is 17.2 Å². The molecule has 27 heavy (non-hydrogen) atoms. The van der Waals surface area contributed by atoms with Crippen molar-refractivity contribution in [2.24, 2.45) is 5.92 Å². The second kappa shape index (κ2) is 8.03. The molecule has 4 rings (SSSR count). The summed E-state index contributed by atoms with van der Waals surface area (Å²) in [5.74, 6) is 0.400. The minimum atomic E-state index is -0.0210. The molecule has 4 nitrogen and oxygen atoms in total. The Hall–Kier alpha value is -2.50. The Bertz CT molecular complexity index is 908. The third kappa shape index (κ3) is 3.94. The summed E-state index contributed by atoms with van der Waals surface area (Å²) in [4.78, 5) is 18.7. The number of nitrogens with zero attached hydrogens (tertiary/aromatic N) is 1. The average Bonchev–Trinajstić information content (AvgIpc) is 3.17. The molecular formula is C22H23N3OS. The molecular weight excluding hydrogens is 354 g/mol. The lowest BCUT2D eigenvalue weighted by atomic mass is 9.95. The van der Waals surface area contributed by atoms with Crippen LogP contribution in [0.5, 0.6) is 0 Å². The second-order valence-corrected chi connectivity index (χ2v) is 7.98. The van der Waals surface area contributed by atoms with E-state index in [1.165, 1.54) is 11.3 Å². The standard InChI is InChI=1S/C22H23N3OS/c1-15-14-23-13-12-18(15)24-21(26)20-19(16-8-4-2-5-9-16)25-22(27-20)17-10-6-3-7-11-17/h2-11,15,18,23H,12-14H2,1H3,(H,24,26). The predicted octanol–water partition coefficient (Wildman–Crippen LogP) is 4.20. The van der Waals surface area contributed by atoms with E-state index in [0.29, 0.717) is 10.8 Å². The van der Waals surface area contributed by atoms with Gasteiger partial charge in [-0.3, -0.25) is 4.79 Å². The zero-order valence-corrected chi connectivity index (χ0v) is 16.1. The van der Waals surface area contributed by atoms with Crippen molar-refractivity contribution in [3.63, 3.8) is 0 Å². The van der Waals surface area contributed by atoms with Crippen LogP contribution >= 0.6 is 11.3 Å². The maximum Gasteiger partial charge on any atom is 0.263 e. The highest BCUT2D eigenvalue weighted by Gasteiger charge is 2.26. The number of hydrogen-bond donors (Lipinski definition) is 2. The molecule has 2 unspecified atom stereocenters. The first-order valence-corrected chi connectivity index (χ1v) is 10.2. The molecule has 2 atom stereocenters. The fourth-order valence-electron chi connectivity index (χ4n) is 3.43. The van der Waals surface area contributed by atoms with Crippen LogP contribution in [0, 0.1) is 5.92 Å². The van der Waals surface area contributed by atoms with Crippen LogP contribution in [0.25, 0.3) is 21.8 Å². The lowest BCUT2D eigenvalue weighted by molar-refractivity contribution is 0.0919. The third-order valence-corrected chi connectivity index (χ3v) is 6.11. The van der Waals surface area contributed by atoms with Gasteiger partial charge in [-0.25, -0.2) is 4.98 Å². The van der Waals surface area contributed by atoms with E-state index >= 15 is 0 Å². The summed E-state index contributed by atoms with van der Waals surface area (Å²) in [7, 11) is 0. The smallest absolute Gasteiger partial charge is 0.263 e. The number of amides is 1. The van der Waals surface area contributed by atoms with Gasteiger partial charge in [0.05, 0.1) is 5.69 Å². The number of thiazole rings is 1. The first kappa shape index (κ1) is 17.9. The van der Waals surface area contributed by atoms with E-state index in [1.807, 2.05) is 60.7 Å². The zero-order valence-electron chi connectivity index (χ0n) is 15.3. The Morgan fingerprint density at radius 1 is 1.07 bits per heavy atom. The van der Waals surface area contributed by atoms with Gasteiger partial charge in [0.15, 0.2) is 0 Å². The second-order valence-electron chi connectivity index (χ2n) is 6.98. The third-order valence-electron chi connectivity index (χ3n) is 5.00. The number of carbonyl (C=O) groups excluding carboxylic acids is 1. The molecule has 5 heteroatoms. The molecule has 1 fully saturated rings. The average molecular weight is 378 g/mol. The molecule has 2 heterocycles. The molecule has 3 aromatic rings. The largest absolute Gasteiger partial charge is 0.348 e. The predicted molar refractivity (Wildman–Crippen MR) is 111 cm³/mol. The van der Waals surface area contributed by atoms with Gasteiger partial charge in [0.1, 0.15) is 9.88 Å². The molecule has 0 radical (unpaired) electrons. The number of nitrogens with one attached hydrogen (secondary N) is 2. The molecule has 0 aliphatic carbocycles. The van der Waals surface area contributed by atoms with E-state index in [0.717, 1.165) is 41.3 Å². The molecule has 1 aliphatic heterocycles. The highest BCUT2D eigenvalue weighted by atomic mass is 32.1. The summed E-state index contributed by atoms with van der Waals surface area (Å²) in [6.07, 6.45) is 0.956. The van der Waals surface area contributed by atoms with Crippen molar-refractivity contribution < 1.29 is 4.79 Å². The Balaban J connectivity index is 1.69. The van der Waals surface area contributed by atoms with Crippen molar-refractivity contribution in [3.8, 4) is 21.8 Å². The zero-order chi connectivity index (χ0) is 18.6. The van der Waals surface area contributed by atoms with Crippen molar-refractivity contribution >= 4 is 17.2 Å². The van der Waals surface area contributed by atoms with Gasteiger partial charge in [-0.15, -0.1) is 11.3 Å². The van der Waals surface area contributed by atoms with E-state index in [-0.39, 0.29) is 11.9 Å². The van der Waals surface area contributed by atoms with Crippen LogP contribution in [0.4, 0.5) is 0 Å². The summed E-state index contributed by atoms with van der Waals surface area (Å²) in [6, 6.07) is 20.2. The quantitative estimate of drug-likeness (QED) is 0.716. The van der Waals surface area contributed by atoms with Crippen LogP contribution in [0.3, 0.4) is 0 Å². The number of piperidine rings is 1. The van der Waals surface area contributed by atoms with E-state index in [9.17, 15) is 4.79 Å². The van der Waals surface area contributed by atoms with Crippen molar-refractivity contribution in [1.29, 1.82) is 0 Å². The minimum absolute atomic E-state index is 0.0210. The molecule has 1 aromatic heterocycles. The Morgan fingerprint density at radius 2 is 1.74 bits per heavy atom. The van der Waals surface area contributed by atoms with Crippen LogP contribution in [0.1, 0.15) is 23.0 Å². The normalized spacial score (nSPS) is 19.6. The van der Waals surface area contributed by atoms with E-state index < -0.39 is 0 Å². The van der Waals surface area contributed by atoms with Gasteiger partial charge < -0.3 is 10.6 Å². The van der Waals surface area contributed by atoms with Gasteiger partial charge in [-0.1, -0.05) is 67.6 Å². The van der Waals surface area contributed by atoms with Gasteiger partial charge in [-0.2, -0.15) is 0 Å². The molecule has 2 aromatic carbocycles. The number of aromatic nitrogens is 1. The summed E-state index contributed by atoms with van der Waals surface area (Å²) >= 11 is 1.47. The van der Waals surface area contributed by atoms with Crippen LogP contribution < -0.4 is 10.6 Å². The molecule has 1 aliphatic rings. The molecule has 1 saturated heterocycles. The van der Waals surface area contributed by atoms with E-state index in [2.05, 4.69) is 17.6 Å². The Kier molecular flexibility index (Phi) is 5.32. The molecule has 0 spiro atoms. The number of carbonyl (C=O) groups is 1.